The third-order valence-electron chi connectivity index (χ3n) is 4.42. The molecular weight excluding hydrogens is 234 g/mol. The second kappa shape index (κ2) is 5.83. The van der Waals surface area contributed by atoms with Gasteiger partial charge in [-0.05, 0) is 69.5 Å². The minimum absolute atomic E-state index is 0.847. The first-order valence-electron chi connectivity index (χ1n) is 7.23. The number of nitrogens with two attached hydrogens (primary N) is 1. The van der Waals surface area contributed by atoms with Crippen LogP contribution in [0.25, 0.3) is 0 Å². The third kappa shape index (κ3) is 3.41. The largest absolute Gasteiger partial charge is 0.397 e. The van der Waals surface area contributed by atoms with E-state index in [1.54, 1.807) is 0 Å². The maximum absolute atomic E-state index is 6.15. The van der Waals surface area contributed by atoms with Crippen LogP contribution in [0.3, 0.4) is 0 Å². The highest BCUT2D eigenvalue weighted by Gasteiger charge is 2.19. The molecule has 1 atom stereocenters. The highest BCUT2D eigenvalue weighted by atomic mass is 15.1. The molecule has 0 amide bonds. The molecule has 1 aliphatic rings. The first-order valence-corrected chi connectivity index (χ1v) is 7.23. The van der Waals surface area contributed by atoms with Crippen LogP contribution in [0.1, 0.15) is 24.0 Å². The van der Waals surface area contributed by atoms with Gasteiger partial charge >= 0.3 is 0 Å². The average Bonchev–Trinajstić information content (AvgIpc) is 2.77. The summed E-state index contributed by atoms with van der Waals surface area (Å²) in [6.07, 6.45) is 2.60. The smallest absolute Gasteiger partial charge is 0.0600 e. The lowest BCUT2D eigenvalue weighted by atomic mass is 10.0. The van der Waals surface area contributed by atoms with Crippen molar-refractivity contribution in [3.05, 3.63) is 23.3 Å². The molecular formula is C16H27N3. The SMILES string of the molecule is Cc1cc(N)c(N(C)CCC2CCN(C)C2)cc1C. The maximum atomic E-state index is 6.15. The van der Waals surface area contributed by atoms with Crippen molar-refractivity contribution in [2.24, 2.45) is 5.92 Å². The summed E-state index contributed by atoms with van der Waals surface area (Å²) in [7, 11) is 4.37. The Hall–Kier alpha value is -1.22. The molecule has 1 unspecified atom stereocenters. The molecule has 2 rings (SSSR count). The van der Waals surface area contributed by atoms with Gasteiger partial charge in [0, 0.05) is 20.1 Å². The van der Waals surface area contributed by atoms with Crippen LogP contribution in [0.2, 0.25) is 0 Å². The summed E-state index contributed by atoms with van der Waals surface area (Å²) in [5.74, 6) is 0.847. The fourth-order valence-electron chi connectivity index (χ4n) is 2.91. The number of likely N-dealkylation sites (tertiary alicyclic amines) is 1. The topological polar surface area (TPSA) is 32.5 Å². The molecule has 2 N–H and O–H groups in total. The normalized spacial score (nSPS) is 19.9. The van der Waals surface area contributed by atoms with Gasteiger partial charge in [-0.2, -0.15) is 0 Å². The molecule has 1 aromatic rings. The Kier molecular flexibility index (Phi) is 4.35. The van der Waals surface area contributed by atoms with Gasteiger partial charge < -0.3 is 15.5 Å². The van der Waals surface area contributed by atoms with Crippen molar-refractivity contribution in [2.75, 3.05) is 44.4 Å². The fraction of sp³-hybridized carbons (Fsp3) is 0.625. The molecule has 1 aromatic carbocycles. The third-order valence-corrected chi connectivity index (χ3v) is 4.42. The van der Waals surface area contributed by atoms with Gasteiger partial charge in [-0.25, -0.2) is 0 Å². The summed E-state index contributed by atoms with van der Waals surface area (Å²) in [6, 6.07) is 4.30. The molecule has 1 heterocycles. The standard InChI is InChI=1S/C16H27N3/c1-12-9-15(17)16(10-13(12)2)19(4)8-6-14-5-7-18(3)11-14/h9-10,14H,5-8,11,17H2,1-4H3. The van der Waals surface area contributed by atoms with E-state index in [0.29, 0.717) is 0 Å². The predicted octanol–water partition coefficient (Wildman–Crippen LogP) is 2.66. The number of hydrogen-bond acceptors (Lipinski definition) is 3. The number of nitrogen functional groups attached to an aromatic ring is 1. The second-order valence-electron chi connectivity index (χ2n) is 6.12. The molecule has 0 aromatic heterocycles. The molecule has 3 heteroatoms. The first kappa shape index (κ1) is 14.2. The quantitative estimate of drug-likeness (QED) is 0.846. The Morgan fingerprint density at radius 2 is 2.00 bits per heavy atom. The zero-order valence-corrected chi connectivity index (χ0v) is 12.7. The Morgan fingerprint density at radius 1 is 1.32 bits per heavy atom. The summed E-state index contributed by atoms with van der Waals surface area (Å²) in [5.41, 5.74) is 10.8. The Morgan fingerprint density at radius 3 is 2.63 bits per heavy atom. The highest BCUT2D eigenvalue weighted by molar-refractivity contribution is 5.69. The molecule has 1 saturated heterocycles. The molecule has 1 fully saturated rings. The first-order chi connectivity index (χ1) is 8.97. The molecule has 0 bridgehead atoms. The number of hydrogen-bond donors (Lipinski definition) is 1. The van der Waals surface area contributed by atoms with Crippen molar-refractivity contribution < 1.29 is 0 Å². The van der Waals surface area contributed by atoms with Gasteiger partial charge in [-0.1, -0.05) is 0 Å². The summed E-state index contributed by atoms with van der Waals surface area (Å²) in [4.78, 5) is 4.73. The second-order valence-corrected chi connectivity index (χ2v) is 6.12. The van der Waals surface area contributed by atoms with Crippen molar-refractivity contribution in [3.8, 4) is 0 Å². The van der Waals surface area contributed by atoms with Crippen molar-refractivity contribution in [2.45, 2.75) is 26.7 Å². The van der Waals surface area contributed by atoms with Crippen LogP contribution >= 0.6 is 0 Å². The maximum Gasteiger partial charge on any atom is 0.0600 e. The number of benzene rings is 1. The van der Waals surface area contributed by atoms with Crippen LogP contribution in [0, 0.1) is 19.8 Å². The van der Waals surface area contributed by atoms with Gasteiger partial charge in [0.2, 0.25) is 0 Å². The van der Waals surface area contributed by atoms with Crippen molar-refractivity contribution >= 4 is 11.4 Å². The molecule has 3 nitrogen and oxygen atoms in total. The lowest BCUT2D eigenvalue weighted by Crippen LogP contribution is -2.23. The summed E-state index contributed by atoms with van der Waals surface area (Å²) >= 11 is 0. The van der Waals surface area contributed by atoms with Crippen LogP contribution in [0.15, 0.2) is 12.1 Å². The highest BCUT2D eigenvalue weighted by Crippen LogP contribution is 2.27. The van der Waals surface area contributed by atoms with E-state index in [9.17, 15) is 0 Å². The van der Waals surface area contributed by atoms with Gasteiger partial charge in [0.05, 0.1) is 11.4 Å². The minimum atomic E-state index is 0.847. The van der Waals surface area contributed by atoms with E-state index in [0.717, 1.165) is 18.2 Å². The van der Waals surface area contributed by atoms with E-state index >= 15 is 0 Å². The van der Waals surface area contributed by atoms with E-state index in [1.807, 2.05) is 0 Å². The van der Waals surface area contributed by atoms with Crippen LogP contribution in [0.4, 0.5) is 11.4 Å². The number of nitrogens with zero attached hydrogens (tertiary/aromatic N) is 2. The van der Waals surface area contributed by atoms with Gasteiger partial charge in [0.15, 0.2) is 0 Å². The number of aryl methyl sites for hydroxylation is 2. The van der Waals surface area contributed by atoms with Crippen LogP contribution in [0.5, 0.6) is 0 Å². The van der Waals surface area contributed by atoms with Crippen molar-refractivity contribution in [1.29, 1.82) is 0 Å². The molecule has 1 aliphatic heterocycles. The average molecular weight is 261 g/mol. The number of rotatable bonds is 4. The van der Waals surface area contributed by atoms with Crippen molar-refractivity contribution in [3.63, 3.8) is 0 Å². The van der Waals surface area contributed by atoms with E-state index in [-0.39, 0.29) is 0 Å². The van der Waals surface area contributed by atoms with Gasteiger partial charge in [-0.15, -0.1) is 0 Å². The summed E-state index contributed by atoms with van der Waals surface area (Å²) in [5, 5.41) is 0. The van der Waals surface area contributed by atoms with E-state index in [1.165, 1.54) is 42.7 Å². The van der Waals surface area contributed by atoms with E-state index in [2.05, 4.69) is 49.9 Å². The van der Waals surface area contributed by atoms with Gasteiger partial charge in [0.1, 0.15) is 0 Å². The van der Waals surface area contributed by atoms with Crippen LogP contribution < -0.4 is 10.6 Å². The zero-order valence-electron chi connectivity index (χ0n) is 12.7. The van der Waals surface area contributed by atoms with Crippen LogP contribution in [-0.2, 0) is 0 Å². The lowest BCUT2D eigenvalue weighted by molar-refractivity contribution is 0.389. The zero-order chi connectivity index (χ0) is 14.0. The monoisotopic (exact) mass is 261 g/mol. The molecule has 0 saturated carbocycles. The molecule has 19 heavy (non-hydrogen) atoms. The molecule has 0 spiro atoms. The van der Waals surface area contributed by atoms with E-state index in [4.69, 9.17) is 5.73 Å². The Labute approximate surface area is 117 Å². The molecule has 0 radical (unpaired) electrons. The predicted molar refractivity (Wildman–Crippen MR) is 83.8 cm³/mol. The van der Waals surface area contributed by atoms with Crippen molar-refractivity contribution in [1.82, 2.24) is 4.90 Å². The van der Waals surface area contributed by atoms with Crippen LogP contribution in [-0.4, -0.2) is 38.6 Å². The Balaban J connectivity index is 1.96. The van der Waals surface area contributed by atoms with Gasteiger partial charge in [0.25, 0.3) is 0 Å². The van der Waals surface area contributed by atoms with E-state index < -0.39 is 0 Å². The summed E-state index contributed by atoms with van der Waals surface area (Å²) < 4.78 is 0. The summed E-state index contributed by atoms with van der Waals surface area (Å²) in [6.45, 7) is 7.85. The fourth-order valence-corrected chi connectivity index (χ4v) is 2.91. The van der Waals surface area contributed by atoms with Gasteiger partial charge in [-0.3, -0.25) is 0 Å². The number of anilines is 2. The molecule has 0 aliphatic carbocycles. The Bertz CT molecular complexity index is 442. The molecule has 106 valence electrons. The lowest BCUT2D eigenvalue weighted by Gasteiger charge is -2.24. The minimum Gasteiger partial charge on any atom is -0.397 e.